The van der Waals surface area contributed by atoms with Crippen LogP contribution in [0.25, 0.3) is 0 Å². The van der Waals surface area contributed by atoms with Gasteiger partial charge in [0.25, 0.3) is 0 Å². The molecule has 64 heavy (non-hydrogen) atoms. The average Bonchev–Trinajstić information content (AvgIpc) is 3.21. The maximum absolute atomic E-state index is 10.0. The molecule has 358 valence electrons. The molecule has 1 N–H and O–H groups in total. The Morgan fingerprint density at radius 1 is 0.516 bits per heavy atom. The molecule has 0 saturated heterocycles. The molecule has 0 aliphatic carbocycles. The van der Waals surface area contributed by atoms with Gasteiger partial charge in [0.1, 0.15) is 5.60 Å². The van der Waals surface area contributed by atoms with Crippen molar-refractivity contribution in [1.82, 2.24) is 0 Å². The maximum atomic E-state index is 10.0. The van der Waals surface area contributed by atoms with E-state index in [-0.39, 0.29) is 63.7 Å². The average molecular weight is 930 g/mol. The third kappa shape index (κ3) is 15.0. The number of hydrogen-bond acceptors (Lipinski definition) is 5. The minimum atomic E-state index is -2.21. The minimum absolute atomic E-state index is 0.0237. The predicted octanol–water partition coefficient (Wildman–Crippen LogP) is 15.6. The number of aliphatic hydroxyl groups is 1. The highest BCUT2D eigenvalue weighted by Crippen LogP contribution is 2.44. The lowest BCUT2D eigenvalue weighted by atomic mass is 9.80. The van der Waals surface area contributed by atoms with Crippen molar-refractivity contribution < 1.29 is 23.1 Å². The highest BCUT2D eigenvalue weighted by molar-refractivity contribution is 6.75. The van der Waals surface area contributed by atoms with E-state index in [9.17, 15) is 5.11 Å². The molecular formula is C56H92O5Si3. The lowest BCUT2D eigenvalue weighted by Gasteiger charge is -2.44. The van der Waals surface area contributed by atoms with Crippen LogP contribution in [0.1, 0.15) is 120 Å². The van der Waals surface area contributed by atoms with E-state index < -0.39 is 30.6 Å². The Bertz CT molecular complexity index is 1760. The van der Waals surface area contributed by atoms with Crippen molar-refractivity contribution in [3.8, 4) is 0 Å². The summed E-state index contributed by atoms with van der Waals surface area (Å²) in [6, 6.07) is 31.8. The SMILES string of the molecule is C[C@@H](CO)C[C@@H](C)[C@@H](O[Si](C)(C)C(C)(C)C)[C@@H](C)C=C[C@H](C[C@H](O[Si](C)(C)C(C)(C)C)[C@@H](C)C=CCOC(c1ccccc1)(c1ccccc1)c1ccccc1)O[Si](C)(C)C(C)(C)C. The first kappa shape index (κ1) is 55.9. The molecule has 5 nitrogen and oxygen atoms in total. The number of rotatable bonds is 23. The van der Waals surface area contributed by atoms with Gasteiger partial charge in [-0.3, -0.25) is 0 Å². The monoisotopic (exact) mass is 929 g/mol. The third-order valence-corrected chi connectivity index (χ3v) is 28.4. The van der Waals surface area contributed by atoms with Crippen LogP contribution >= 0.6 is 0 Å². The summed E-state index contributed by atoms with van der Waals surface area (Å²) in [5, 5.41) is 10.2. The zero-order valence-corrected chi connectivity index (χ0v) is 46.9. The predicted molar refractivity (Wildman–Crippen MR) is 283 cm³/mol. The van der Waals surface area contributed by atoms with Crippen LogP contribution in [0.3, 0.4) is 0 Å². The molecule has 0 fully saturated rings. The second-order valence-electron chi connectivity index (χ2n) is 23.5. The molecule has 0 aliphatic rings. The van der Waals surface area contributed by atoms with Crippen molar-refractivity contribution in [3.63, 3.8) is 0 Å². The zero-order chi connectivity index (χ0) is 48.4. The second-order valence-corrected chi connectivity index (χ2v) is 37.8. The Balaban J connectivity index is 2.09. The van der Waals surface area contributed by atoms with Crippen molar-refractivity contribution in [3.05, 3.63) is 132 Å². The highest BCUT2D eigenvalue weighted by Gasteiger charge is 2.44. The van der Waals surface area contributed by atoms with Crippen molar-refractivity contribution in [2.24, 2.45) is 23.7 Å². The summed E-state index contributed by atoms with van der Waals surface area (Å²) >= 11 is 0. The van der Waals surface area contributed by atoms with E-state index in [1.54, 1.807) is 0 Å². The van der Waals surface area contributed by atoms with Crippen LogP contribution in [0.4, 0.5) is 0 Å². The van der Waals surface area contributed by atoms with Gasteiger partial charge in [0.2, 0.25) is 0 Å². The second kappa shape index (κ2) is 23.1. The normalized spacial score (nSPS) is 17.3. The van der Waals surface area contributed by atoms with E-state index >= 15 is 0 Å². The van der Waals surface area contributed by atoms with Crippen molar-refractivity contribution in [1.29, 1.82) is 0 Å². The zero-order valence-electron chi connectivity index (χ0n) is 43.9. The summed E-state index contributed by atoms with van der Waals surface area (Å²) in [4.78, 5) is 0. The number of aliphatic hydroxyl groups excluding tert-OH is 1. The molecule has 8 heteroatoms. The van der Waals surface area contributed by atoms with Gasteiger partial charge in [0.05, 0.1) is 24.9 Å². The van der Waals surface area contributed by atoms with Crippen molar-refractivity contribution in [2.75, 3.05) is 13.2 Å². The van der Waals surface area contributed by atoms with Gasteiger partial charge in [-0.15, -0.1) is 0 Å². The number of benzene rings is 3. The van der Waals surface area contributed by atoms with Gasteiger partial charge in [0.15, 0.2) is 25.0 Å². The molecular weight excluding hydrogens is 837 g/mol. The van der Waals surface area contributed by atoms with E-state index in [4.69, 9.17) is 18.0 Å². The van der Waals surface area contributed by atoms with Crippen LogP contribution < -0.4 is 0 Å². The van der Waals surface area contributed by atoms with E-state index in [2.05, 4.69) is 245 Å². The quantitative estimate of drug-likeness (QED) is 0.0583. The molecule has 0 amide bonds. The summed E-state index contributed by atoms with van der Waals surface area (Å²) in [5.41, 5.74) is 2.48. The van der Waals surface area contributed by atoms with E-state index in [1.807, 2.05) is 0 Å². The molecule has 3 rings (SSSR count). The molecule has 0 bridgehead atoms. The van der Waals surface area contributed by atoms with Crippen LogP contribution in [0, 0.1) is 23.7 Å². The molecule has 0 radical (unpaired) electrons. The molecule has 3 aromatic carbocycles. The minimum Gasteiger partial charge on any atom is -0.413 e. The Kier molecular flexibility index (Phi) is 20.1. The van der Waals surface area contributed by atoms with Crippen LogP contribution in [0.15, 0.2) is 115 Å². The molecule has 0 saturated carbocycles. The van der Waals surface area contributed by atoms with Gasteiger partial charge in [-0.25, -0.2) is 0 Å². The van der Waals surface area contributed by atoms with E-state index in [1.165, 1.54) is 0 Å². The fraction of sp³-hybridized carbons (Fsp3) is 0.607. The number of hydrogen-bond donors (Lipinski definition) is 1. The standard InChI is InChI=1S/C56H92O5Si3/c1-43(42-57)40-46(4)52(61-64(18,19)55(11,12)13)45(3)37-38-50(59-62(14,15)53(5,6)7)41-51(60-63(16,17)54(8,9)10)44(2)30-29-39-58-56(47-31-23-20-24-32-47,48-33-25-21-26-34-48)49-35-27-22-28-36-49/h20-38,43-46,50-52,57H,39-42H2,1-19H3/t43-,44+,45+,46-,50-,51+,52+/m1/s1. The smallest absolute Gasteiger partial charge is 0.192 e. The molecule has 3 aromatic rings. The Morgan fingerprint density at radius 2 is 0.922 bits per heavy atom. The van der Waals surface area contributed by atoms with Crippen LogP contribution in [0.5, 0.6) is 0 Å². The van der Waals surface area contributed by atoms with Crippen LogP contribution in [-0.2, 0) is 23.6 Å². The summed E-state index contributed by atoms with van der Waals surface area (Å²) in [7, 11) is -6.52. The number of ether oxygens (including phenoxy) is 1. The van der Waals surface area contributed by atoms with Gasteiger partial charge in [0, 0.05) is 13.0 Å². The first-order valence-electron chi connectivity index (χ1n) is 24.3. The van der Waals surface area contributed by atoms with Crippen molar-refractivity contribution >= 4 is 25.0 Å². The highest BCUT2D eigenvalue weighted by atomic mass is 28.4. The first-order valence-corrected chi connectivity index (χ1v) is 33.0. The van der Waals surface area contributed by atoms with Gasteiger partial charge >= 0.3 is 0 Å². The first-order chi connectivity index (χ1) is 29.5. The van der Waals surface area contributed by atoms with Crippen LogP contribution in [-0.4, -0.2) is 61.6 Å². The molecule has 7 atom stereocenters. The summed E-state index contributed by atoms with van der Waals surface area (Å²) in [6.07, 6.45) is 10.7. The van der Waals surface area contributed by atoms with Gasteiger partial charge in [-0.1, -0.05) is 205 Å². The van der Waals surface area contributed by atoms with E-state index in [0.717, 1.165) is 29.5 Å². The molecule has 0 heterocycles. The topological polar surface area (TPSA) is 57.2 Å². The fourth-order valence-corrected chi connectivity index (χ4v) is 11.9. The largest absolute Gasteiger partial charge is 0.413 e. The molecule has 0 spiro atoms. The van der Waals surface area contributed by atoms with Crippen LogP contribution in [0.2, 0.25) is 54.4 Å². The Labute approximate surface area is 396 Å². The summed E-state index contributed by atoms with van der Waals surface area (Å²) in [6.45, 7) is 44.7. The molecule has 0 unspecified atom stereocenters. The molecule has 0 aromatic heterocycles. The summed E-state index contributed by atoms with van der Waals surface area (Å²) in [5.74, 6) is 0.727. The Hall–Kier alpha value is -2.41. The van der Waals surface area contributed by atoms with E-state index in [0.29, 0.717) is 6.61 Å². The van der Waals surface area contributed by atoms with Gasteiger partial charge < -0.3 is 23.1 Å². The summed E-state index contributed by atoms with van der Waals surface area (Å²) < 4.78 is 29.3. The maximum Gasteiger partial charge on any atom is 0.192 e. The lowest BCUT2D eigenvalue weighted by molar-refractivity contribution is 0.0314. The van der Waals surface area contributed by atoms with Crippen molar-refractivity contribution in [2.45, 2.75) is 181 Å². The third-order valence-electron chi connectivity index (χ3n) is 15.0. The lowest BCUT2D eigenvalue weighted by Crippen LogP contribution is -2.48. The van der Waals surface area contributed by atoms with Gasteiger partial charge in [-0.2, -0.15) is 0 Å². The van der Waals surface area contributed by atoms with Gasteiger partial charge in [-0.05, 0) is 101 Å². The fourth-order valence-electron chi connectivity index (χ4n) is 7.72. The molecule has 0 aliphatic heterocycles. The Morgan fingerprint density at radius 3 is 1.33 bits per heavy atom.